The third-order valence-electron chi connectivity index (χ3n) is 1.84. The van der Waals surface area contributed by atoms with Gasteiger partial charge < -0.3 is 22.1 Å². The molecule has 0 saturated carbocycles. The van der Waals surface area contributed by atoms with Crippen LogP contribution in [-0.4, -0.2) is 11.6 Å². The van der Waals surface area contributed by atoms with Crippen molar-refractivity contribution in [3.63, 3.8) is 0 Å². The Balaban J connectivity index is 0.000000414. The summed E-state index contributed by atoms with van der Waals surface area (Å²) in [4.78, 5) is 25.4. The first-order valence-corrected chi connectivity index (χ1v) is 4.45. The number of ketones is 2. The van der Waals surface area contributed by atoms with Crippen LogP contribution in [0, 0.1) is 0 Å². The Morgan fingerprint density at radius 1 is 0.722 bits per heavy atom. The normalized spacial score (nSPS) is 10.7. The first kappa shape index (κ1) is 14.9. The number of rotatable bonds is 0. The summed E-state index contributed by atoms with van der Waals surface area (Å²) in [6, 6.07) is 6.84. The fourth-order valence-corrected chi connectivity index (χ4v) is 1.24. The van der Waals surface area contributed by atoms with Crippen LogP contribution in [0.4, 0.5) is 0 Å². The van der Waals surface area contributed by atoms with Crippen LogP contribution in [0.3, 0.4) is 0 Å². The zero-order valence-corrected chi connectivity index (χ0v) is 8.96. The van der Waals surface area contributed by atoms with Gasteiger partial charge in [0.2, 0.25) is 0 Å². The molecule has 8 nitrogen and oxygen atoms in total. The van der Waals surface area contributed by atoms with Crippen molar-refractivity contribution in [2.45, 2.75) is 0 Å². The summed E-state index contributed by atoms with van der Waals surface area (Å²) in [6.45, 7) is 0. The summed E-state index contributed by atoms with van der Waals surface area (Å²) >= 11 is 0. The van der Waals surface area contributed by atoms with Gasteiger partial charge in [-0.25, -0.2) is 0 Å². The number of hydrogen-bond donors (Lipinski definition) is 0. The van der Waals surface area contributed by atoms with E-state index in [1.807, 2.05) is 0 Å². The number of hydrogen-bond acceptors (Lipinski definition) is 2. The molecule has 0 atom stereocenters. The lowest BCUT2D eigenvalue weighted by Gasteiger charge is -2.06. The summed E-state index contributed by atoms with van der Waals surface area (Å²) < 4.78 is 0. The van der Waals surface area contributed by atoms with Crippen molar-refractivity contribution in [3.05, 3.63) is 79.5 Å². The minimum Gasteiger partial charge on any atom is -0.373 e. The third kappa shape index (κ3) is 4.19. The highest BCUT2D eigenvalue weighted by Gasteiger charge is 2.16. The van der Waals surface area contributed by atoms with Gasteiger partial charge in [0.1, 0.15) is 0 Å². The predicted molar refractivity (Wildman–Crippen MR) is 64.4 cm³/mol. The molecule has 90 valence electrons. The molecule has 1 aliphatic rings. The minimum absolute atomic E-state index is 0.0924. The number of carbonyl (C=O) groups excluding carboxylic acids is 2. The molecule has 0 spiro atoms. The molecule has 0 aliphatic heterocycles. The average Bonchev–Trinajstić information content (AvgIpc) is 2.36. The van der Waals surface area contributed by atoms with Crippen LogP contribution in [-0.2, 0) is 0 Å². The maximum absolute atomic E-state index is 11.2. The van der Waals surface area contributed by atoms with E-state index in [4.69, 9.17) is 22.1 Å². The summed E-state index contributed by atoms with van der Waals surface area (Å²) in [7, 11) is 0. The zero-order chi connectivity index (χ0) is 14.0. The van der Waals surface area contributed by atoms with Gasteiger partial charge in [0.15, 0.2) is 11.6 Å². The number of fused-ring (bicyclic) bond motifs is 1. The average molecular weight is 242 g/mol. The van der Waals surface area contributed by atoms with Crippen LogP contribution in [0.25, 0.3) is 31.9 Å². The monoisotopic (exact) mass is 242 g/mol. The molecule has 18 heavy (non-hydrogen) atoms. The predicted octanol–water partition coefficient (Wildman–Crippen LogP) is 3.35. The molecule has 0 radical (unpaired) electrons. The lowest BCUT2D eigenvalue weighted by atomic mass is 9.95. The van der Waals surface area contributed by atoms with Gasteiger partial charge in [0.05, 0.1) is 0 Å². The van der Waals surface area contributed by atoms with E-state index in [0.717, 1.165) is 0 Å². The van der Waals surface area contributed by atoms with Crippen molar-refractivity contribution < 1.29 is 9.59 Å². The molecule has 0 saturated heterocycles. The molecule has 0 fully saturated rings. The van der Waals surface area contributed by atoms with Gasteiger partial charge in [0.25, 0.3) is 0 Å². The van der Waals surface area contributed by atoms with Gasteiger partial charge in [-0.05, 0) is 12.2 Å². The van der Waals surface area contributed by atoms with Crippen LogP contribution < -0.4 is 0 Å². The van der Waals surface area contributed by atoms with Crippen molar-refractivity contribution in [2.24, 2.45) is 0 Å². The summed E-state index contributed by atoms with van der Waals surface area (Å²) in [5, 5.41) is 0. The minimum atomic E-state index is -0.0924. The number of nitrogens with zero attached hydrogens (tertiary/aromatic N) is 6. The maximum atomic E-state index is 11.2. The fourth-order valence-electron chi connectivity index (χ4n) is 1.24. The smallest absolute Gasteiger partial charge is 0.186 e. The van der Waals surface area contributed by atoms with Gasteiger partial charge in [-0.1, -0.05) is 24.3 Å². The summed E-state index contributed by atoms with van der Waals surface area (Å²) in [5.41, 5.74) is 28.0. The second-order valence-corrected chi connectivity index (χ2v) is 2.79. The molecule has 0 N–H and O–H groups in total. The largest absolute Gasteiger partial charge is 0.373 e. The van der Waals surface area contributed by atoms with E-state index in [9.17, 15) is 9.59 Å². The van der Waals surface area contributed by atoms with Gasteiger partial charge in [0, 0.05) is 11.1 Å². The van der Waals surface area contributed by atoms with E-state index in [1.165, 1.54) is 22.0 Å². The van der Waals surface area contributed by atoms with Crippen molar-refractivity contribution in [2.75, 3.05) is 0 Å². The van der Waals surface area contributed by atoms with E-state index in [1.54, 1.807) is 24.3 Å². The first-order chi connectivity index (χ1) is 8.62. The molecule has 0 amide bonds. The fraction of sp³-hybridized carbons (Fsp3) is 0. The van der Waals surface area contributed by atoms with Gasteiger partial charge in [-0.3, -0.25) is 19.4 Å². The second-order valence-electron chi connectivity index (χ2n) is 2.79. The highest BCUT2D eigenvalue weighted by molar-refractivity contribution is 6.21. The molecular weight excluding hydrogens is 236 g/mol. The highest BCUT2D eigenvalue weighted by Crippen LogP contribution is 2.15. The Hall–Kier alpha value is -3.08. The molecule has 2 rings (SSSR count). The molecule has 0 heterocycles. The maximum Gasteiger partial charge on any atom is 0.186 e. The molecule has 0 aromatic heterocycles. The molecule has 0 unspecified atom stereocenters. The molecule has 1 aromatic rings. The Morgan fingerprint density at radius 3 is 1.28 bits per heavy atom. The van der Waals surface area contributed by atoms with E-state index < -0.39 is 0 Å². The van der Waals surface area contributed by atoms with E-state index in [2.05, 4.69) is 0 Å². The number of benzene rings is 1. The van der Waals surface area contributed by atoms with Crippen molar-refractivity contribution in [3.8, 4) is 0 Å². The van der Waals surface area contributed by atoms with Gasteiger partial charge in [-0.15, -0.1) is 0 Å². The summed E-state index contributed by atoms with van der Waals surface area (Å²) in [5.74, 6) is -0.185. The molecular formula is C10H6N6O2-2. The quantitative estimate of drug-likeness (QED) is 0.389. The van der Waals surface area contributed by atoms with Crippen molar-refractivity contribution in [1.82, 2.24) is 0 Å². The first-order valence-electron chi connectivity index (χ1n) is 4.45. The topological polar surface area (TPSA) is 152 Å². The van der Waals surface area contributed by atoms with Crippen LogP contribution >= 0.6 is 0 Å². The van der Waals surface area contributed by atoms with Crippen LogP contribution in [0.1, 0.15) is 20.7 Å². The van der Waals surface area contributed by atoms with Crippen molar-refractivity contribution in [1.29, 1.82) is 0 Å². The van der Waals surface area contributed by atoms with Crippen LogP contribution in [0.15, 0.2) is 36.4 Å². The van der Waals surface area contributed by atoms with Crippen LogP contribution in [0.5, 0.6) is 0 Å². The summed E-state index contributed by atoms with van der Waals surface area (Å²) in [6.07, 6.45) is 2.62. The standard InChI is InChI=1S/C10H6O2.2N3/c11-9-5-6-10(12)8-4-2-1-3-7(8)9;2*1-3-2/h1-6H;;/q;2*-1. The lowest BCUT2D eigenvalue weighted by Crippen LogP contribution is -2.10. The van der Waals surface area contributed by atoms with Crippen LogP contribution in [0.2, 0.25) is 0 Å². The van der Waals surface area contributed by atoms with E-state index in [-0.39, 0.29) is 11.6 Å². The Labute approximate surface area is 101 Å². The lowest BCUT2D eigenvalue weighted by molar-refractivity contribution is 0.0994. The molecule has 0 bridgehead atoms. The Morgan fingerprint density at radius 2 is 1.00 bits per heavy atom. The zero-order valence-electron chi connectivity index (χ0n) is 8.96. The van der Waals surface area contributed by atoms with E-state index in [0.29, 0.717) is 11.1 Å². The second kappa shape index (κ2) is 8.12. The highest BCUT2D eigenvalue weighted by atomic mass is 16.1. The molecule has 1 aliphatic carbocycles. The van der Waals surface area contributed by atoms with Gasteiger partial charge >= 0.3 is 0 Å². The number of carbonyl (C=O) groups is 2. The molecule has 1 aromatic carbocycles. The molecule has 8 heteroatoms. The SMILES string of the molecule is O=C1C=CC(=O)c2ccccc21.[N-]=[N+]=[N-].[N-]=[N+]=[N-]. The Kier molecular flexibility index (Phi) is 6.73. The van der Waals surface area contributed by atoms with Gasteiger partial charge in [-0.2, -0.15) is 0 Å². The van der Waals surface area contributed by atoms with E-state index >= 15 is 0 Å². The third-order valence-corrected chi connectivity index (χ3v) is 1.84. The van der Waals surface area contributed by atoms with Crippen molar-refractivity contribution >= 4 is 11.6 Å². The number of allylic oxidation sites excluding steroid dienone is 2. The Bertz CT molecular complexity index is 502.